The zero-order valence-electron chi connectivity index (χ0n) is 16.4. The van der Waals surface area contributed by atoms with Crippen molar-refractivity contribution < 1.29 is 9.47 Å². The second-order valence-electron chi connectivity index (χ2n) is 6.83. The van der Waals surface area contributed by atoms with Gasteiger partial charge in [-0.3, -0.25) is 0 Å². The fraction of sp³-hybridized carbons (Fsp3) is 0.381. The minimum Gasteiger partial charge on any atom is -0.493 e. The third-order valence-corrected chi connectivity index (χ3v) is 4.47. The van der Waals surface area contributed by atoms with Crippen LogP contribution < -0.4 is 20.5 Å². The molecule has 28 heavy (non-hydrogen) atoms. The Morgan fingerprint density at radius 2 is 1.96 bits per heavy atom. The van der Waals surface area contributed by atoms with Crippen LogP contribution in [0.15, 0.2) is 53.5 Å². The maximum Gasteiger partial charge on any atom is 0.189 e. The zero-order valence-corrected chi connectivity index (χ0v) is 18.8. The van der Waals surface area contributed by atoms with Crippen LogP contribution in [0.4, 0.5) is 0 Å². The van der Waals surface area contributed by atoms with Crippen LogP contribution in [0.1, 0.15) is 23.6 Å². The number of aliphatic imine (C=N–C) groups is 1. The Bertz CT molecular complexity index is 783. The summed E-state index contributed by atoms with van der Waals surface area (Å²) in [5, 5.41) is 3.32. The van der Waals surface area contributed by atoms with E-state index >= 15 is 0 Å². The Hall–Kier alpha value is -2.00. The lowest BCUT2D eigenvalue weighted by atomic mass is 10.0. The second-order valence-corrected chi connectivity index (χ2v) is 6.83. The summed E-state index contributed by atoms with van der Waals surface area (Å²) in [5.41, 5.74) is 8.29. The number of para-hydroxylation sites is 2. The zero-order chi connectivity index (χ0) is 19.1. The van der Waals surface area contributed by atoms with Gasteiger partial charge in [0.2, 0.25) is 0 Å². The van der Waals surface area contributed by atoms with Crippen molar-refractivity contribution >= 4 is 29.9 Å². The summed E-state index contributed by atoms with van der Waals surface area (Å²) in [7, 11) is 4.06. The Balaban J connectivity index is 0.00000280. The molecular formula is C21H29IN4O2. The van der Waals surface area contributed by atoms with Crippen LogP contribution in [0.5, 0.6) is 11.5 Å². The molecule has 6 nitrogen and oxygen atoms in total. The fourth-order valence-electron chi connectivity index (χ4n) is 3.00. The van der Waals surface area contributed by atoms with Crippen LogP contribution in [-0.2, 0) is 6.54 Å². The Labute approximate surface area is 184 Å². The molecule has 0 saturated heterocycles. The van der Waals surface area contributed by atoms with E-state index in [1.54, 1.807) is 0 Å². The normalized spacial score (nSPS) is 16.0. The highest BCUT2D eigenvalue weighted by atomic mass is 127. The number of nitrogens with zero attached hydrogens (tertiary/aromatic N) is 2. The molecule has 2 aromatic carbocycles. The number of rotatable bonds is 7. The van der Waals surface area contributed by atoms with Gasteiger partial charge in [0.15, 0.2) is 5.96 Å². The molecule has 0 aromatic heterocycles. The van der Waals surface area contributed by atoms with E-state index in [2.05, 4.69) is 21.3 Å². The van der Waals surface area contributed by atoms with Gasteiger partial charge in [-0.1, -0.05) is 36.4 Å². The molecule has 0 aliphatic carbocycles. The third-order valence-electron chi connectivity index (χ3n) is 4.47. The predicted molar refractivity (Wildman–Crippen MR) is 124 cm³/mol. The number of hydrogen-bond donors (Lipinski definition) is 2. The van der Waals surface area contributed by atoms with E-state index in [-0.39, 0.29) is 30.0 Å². The monoisotopic (exact) mass is 496 g/mol. The first-order valence-electron chi connectivity index (χ1n) is 9.27. The summed E-state index contributed by atoms with van der Waals surface area (Å²) in [6.45, 7) is 2.65. The molecule has 2 aromatic rings. The summed E-state index contributed by atoms with van der Waals surface area (Å²) >= 11 is 0. The first-order chi connectivity index (χ1) is 13.1. The maximum atomic E-state index is 6.15. The van der Waals surface area contributed by atoms with Gasteiger partial charge in [0.25, 0.3) is 0 Å². The number of benzene rings is 2. The highest BCUT2D eigenvalue weighted by Crippen LogP contribution is 2.31. The third kappa shape index (κ3) is 6.27. The molecule has 0 spiro atoms. The van der Waals surface area contributed by atoms with Crippen LogP contribution in [0.25, 0.3) is 0 Å². The summed E-state index contributed by atoms with van der Waals surface area (Å²) in [6.07, 6.45) is 0.859. The number of fused-ring (bicyclic) bond motifs is 1. The second kappa shape index (κ2) is 11.1. The van der Waals surface area contributed by atoms with Crippen LogP contribution in [0.2, 0.25) is 0 Å². The van der Waals surface area contributed by atoms with Crippen molar-refractivity contribution in [2.24, 2.45) is 10.7 Å². The van der Waals surface area contributed by atoms with Gasteiger partial charge in [0, 0.05) is 24.1 Å². The number of likely N-dealkylation sites (N-methyl/N-ethyl adjacent to an activating group) is 1. The predicted octanol–water partition coefficient (Wildman–Crippen LogP) is 3.17. The quantitative estimate of drug-likeness (QED) is 0.350. The Morgan fingerprint density at radius 3 is 2.79 bits per heavy atom. The highest BCUT2D eigenvalue weighted by Gasteiger charge is 2.21. The minimum atomic E-state index is 0. The molecule has 3 rings (SSSR count). The number of halogens is 1. The average molecular weight is 496 g/mol. The van der Waals surface area contributed by atoms with E-state index in [9.17, 15) is 0 Å². The van der Waals surface area contributed by atoms with Gasteiger partial charge in [-0.25, -0.2) is 4.99 Å². The largest absolute Gasteiger partial charge is 0.493 e. The van der Waals surface area contributed by atoms with Crippen LogP contribution in [0, 0.1) is 0 Å². The summed E-state index contributed by atoms with van der Waals surface area (Å²) in [6, 6.07) is 16.1. The molecule has 0 radical (unpaired) electrons. The first kappa shape index (κ1) is 22.3. The molecule has 0 fully saturated rings. The van der Waals surface area contributed by atoms with Gasteiger partial charge < -0.3 is 25.4 Å². The van der Waals surface area contributed by atoms with Crippen LogP contribution in [0.3, 0.4) is 0 Å². The number of nitrogens with two attached hydrogens (primary N) is 1. The van der Waals surface area contributed by atoms with Gasteiger partial charge in [-0.15, -0.1) is 24.0 Å². The number of hydrogen-bond acceptors (Lipinski definition) is 4. The minimum absolute atomic E-state index is 0. The smallest absolute Gasteiger partial charge is 0.189 e. The molecule has 0 amide bonds. The summed E-state index contributed by atoms with van der Waals surface area (Å²) < 4.78 is 11.6. The van der Waals surface area contributed by atoms with Gasteiger partial charge >= 0.3 is 0 Å². The molecule has 0 bridgehead atoms. The lowest BCUT2D eigenvalue weighted by Gasteiger charge is -2.27. The standard InChI is InChI=1S/C21H28N4O2.HI/c1-25(2)12-14-27-19-9-5-3-7-16(19)15-23-21(22)24-18-11-13-26-20-10-6-4-8-17(18)20;/h3-10,18H,11-15H2,1-2H3,(H3,22,23,24);1H. The number of nitrogens with one attached hydrogen (secondary N) is 1. The SMILES string of the molecule is CN(C)CCOc1ccccc1CN=C(N)NC1CCOc2ccccc21.I. The van der Waals surface area contributed by atoms with Gasteiger partial charge in [0.1, 0.15) is 18.1 Å². The molecule has 1 aliphatic rings. The molecule has 1 heterocycles. The van der Waals surface area contributed by atoms with Crippen molar-refractivity contribution in [3.63, 3.8) is 0 Å². The fourth-order valence-corrected chi connectivity index (χ4v) is 3.00. The van der Waals surface area contributed by atoms with Gasteiger partial charge in [-0.2, -0.15) is 0 Å². The molecule has 7 heteroatoms. The topological polar surface area (TPSA) is 72.1 Å². The number of guanidine groups is 1. The first-order valence-corrected chi connectivity index (χ1v) is 9.27. The maximum absolute atomic E-state index is 6.15. The van der Waals surface area contributed by atoms with Crippen molar-refractivity contribution in [3.8, 4) is 11.5 Å². The molecule has 152 valence electrons. The molecule has 1 atom stereocenters. The van der Waals surface area contributed by atoms with Crippen molar-refractivity contribution in [3.05, 3.63) is 59.7 Å². The van der Waals surface area contributed by atoms with E-state index in [0.29, 0.717) is 25.7 Å². The van der Waals surface area contributed by atoms with Gasteiger partial charge in [0.05, 0.1) is 19.2 Å². The van der Waals surface area contributed by atoms with Crippen LogP contribution in [-0.4, -0.2) is 44.7 Å². The lowest BCUT2D eigenvalue weighted by molar-refractivity contribution is 0.259. The summed E-state index contributed by atoms with van der Waals surface area (Å²) in [5.74, 6) is 2.20. The van der Waals surface area contributed by atoms with E-state index in [4.69, 9.17) is 15.2 Å². The highest BCUT2D eigenvalue weighted by molar-refractivity contribution is 14.0. The lowest BCUT2D eigenvalue weighted by Crippen LogP contribution is -2.37. The Kier molecular flexibility index (Phi) is 8.85. The summed E-state index contributed by atoms with van der Waals surface area (Å²) in [4.78, 5) is 6.61. The van der Waals surface area contributed by atoms with Crippen LogP contribution >= 0.6 is 24.0 Å². The molecular weight excluding hydrogens is 467 g/mol. The molecule has 0 saturated carbocycles. The van der Waals surface area contributed by atoms with E-state index in [0.717, 1.165) is 35.6 Å². The van der Waals surface area contributed by atoms with Crippen molar-refractivity contribution in [2.45, 2.75) is 19.0 Å². The van der Waals surface area contributed by atoms with E-state index < -0.39 is 0 Å². The van der Waals surface area contributed by atoms with E-state index in [1.165, 1.54) is 0 Å². The van der Waals surface area contributed by atoms with Gasteiger partial charge in [-0.05, 0) is 26.2 Å². The van der Waals surface area contributed by atoms with E-state index in [1.807, 2.05) is 56.6 Å². The van der Waals surface area contributed by atoms with Crippen molar-refractivity contribution in [1.29, 1.82) is 0 Å². The average Bonchev–Trinajstić information content (AvgIpc) is 2.67. The van der Waals surface area contributed by atoms with Crippen molar-refractivity contribution in [2.75, 3.05) is 33.9 Å². The Morgan fingerprint density at radius 1 is 1.21 bits per heavy atom. The van der Waals surface area contributed by atoms with Crippen molar-refractivity contribution in [1.82, 2.24) is 10.2 Å². The number of ether oxygens (including phenoxy) is 2. The molecule has 1 aliphatic heterocycles. The molecule has 3 N–H and O–H groups in total. The molecule has 1 unspecified atom stereocenters.